The van der Waals surface area contributed by atoms with Gasteiger partial charge in [0, 0.05) is 62.3 Å². The average Bonchev–Trinajstić information content (AvgIpc) is 2.90. The summed E-state index contributed by atoms with van der Waals surface area (Å²) in [5.41, 5.74) is 8.61. The highest BCUT2D eigenvalue weighted by Crippen LogP contribution is 2.32. The lowest BCUT2D eigenvalue weighted by atomic mass is 9.88. The van der Waals surface area contributed by atoms with Crippen LogP contribution >= 0.6 is 0 Å². The predicted molar refractivity (Wildman–Crippen MR) is 158 cm³/mol. The first-order valence-electron chi connectivity index (χ1n) is 13.5. The van der Waals surface area contributed by atoms with E-state index in [9.17, 15) is 9.59 Å². The maximum Gasteiger partial charge on any atom is 0.253 e. The van der Waals surface area contributed by atoms with Crippen LogP contribution in [0.2, 0.25) is 0 Å². The fourth-order valence-corrected chi connectivity index (χ4v) is 5.31. The Morgan fingerprint density at radius 3 is 2.33 bits per heavy atom. The molecule has 7 nitrogen and oxygen atoms in total. The van der Waals surface area contributed by atoms with Crippen LogP contribution in [0.3, 0.4) is 0 Å². The van der Waals surface area contributed by atoms with Crippen molar-refractivity contribution in [1.82, 2.24) is 19.8 Å². The molecule has 0 saturated carbocycles. The van der Waals surface area contributed by atoms with Crippen molar-refractivity contribution >= 4 is 23.7 Å². The van der Waals surface area contributed by atoms with Gasteiger partial charge < -0.3 is 10.2 Å². The number of carbonyl (C=O) groups is 2. The molecule has 0 radical (unpaired) electrons. The van der Waals surface area contributed by atoms with E-state index < -0.39 is 0 Å². The van der Waals surface area contributed by atoms with Crippen LogP contribution in [0.5, 0.6) is 0 Å². The van der Waals surface area contributed by atoms with Crippen molar-refractivity contribution in [3.05, 3.63) is 82.3 Å². The Kier molecular flexibility index (Phi) is 8.92. The van der Waals surface area contributed by atoms with Crippen molar-refractivity contribution in [2.45, 2.75) is 46.5 Å². The number of aromatic nitrogens is 2. The van der Waals surface area contributed by atoms with Crippen LogP contribution in [0, 0.1) is 13.8 Å². The van der Waals surface area contributed by atoms with E-state index in [0.717, 1.165) is 66.0 Å². The third kappa shape index (κ3) is 6.98. The molecular formula is C32H39N5O2. The second kappa shape index (κ2) is 12.3. The van der Waals surface area contributed by atoms with Crippen LogP contribution in [-0.4, -0.2) is 65.3 Å². The maximum atomic E-state index is 12.2. The molecule has 1 N–H and O–H groups in total. The first kappa shape index (κ1) is 28.2. The number of benzene rings is 1. The lowest BCUT2D eigenvalue weighted by molar-refractivity contribution is -0.114. The Morgan fingerprint density at radius 2 is 1.72 bits per heavy atom. The summed E-state index contributed by atoms with van der Waals surface area (Å²) in [5, 5.41) is 2.76. The number of hydrogen-bond acceptors (Lipinski definition) is 5. The lowest BCUT2D eigenvalue weighted by Gasteiger charge is -2.32. The van der Waals surface area contributed by atoms with Gasteiger partial charge in [-0.2, -0.15) is 0 Å². The topological polar surface area (TPSA) is 78.4 Å². The molecule has 2 amide bonds. The zero-order valence-electron chi connectivity index (χ0n) is 23.9. The Balaban J connectivity index is 1.43. The molecular weight excluding hydrogens is 486 g/mol. The molecule has 1 fully saturated rings. The van der Waals surface area contributed by atoms with Gasteiger partial charge in [0.05, 0.1) is 0 Å². The number of rotatable bonds is 7. The normalized spacial score (nSPS) is 14.8. The third-order valence-electron chi connectivity index (χ3n) is 7.38. The lowest BCUT2D eigenvalue weighted by Crippen LogP contribution is -2.34. The monoisotopic (exact) mass is 525 g/mol. The molecule has 1 aliphatic heterocycles. The number of nitrogens with zero attached hydrogens (tertiary/aromatic N) is 4. The van der Waals surface area contributed by atoms with E-state index in [4.69, 9.17) is 0 Å². The first-order valence-corrected chi connectivity index (χ1v) is 13.5. The molecule has 1 aliphatic rings. The fourth-order valence-electron chi connectivity index (χ4n) is 5.31. The molecule has 4 rings (SSSR count). The first-order chi connectivity index (χ1) is 18.6. The molecule has 0 spiro atoms. The highest BCUT2D eigenvalue weighted by atomic mass is 16.2. The smallest absolute Gasteiger partial charge is 0.253 e. The molecule has 1 saturated heterocycles. The van der Waals surface area contributed by atoms with Crippen LogP contribution in [0.4, 0.5) is 5.82 Å². The Morgan fingerprint density at radius 1 is 1.03 bits per heavy atom. The van der Waals surface area contributed by atoms with Gasteiger partial charge in [0.1, 0.15) is 5.82 Å². The summed E-state index contributed by atoms with van der Waals surface area (Å²) in [6.07, 6.45) is 8.14. The van der Waals surface area contributed by atoms with Gasteiger partial charge in [-0.05, 0) is 93.6 Å². The molecule has 0 bridgehead atoms. The van der Waals surface area contributed by atoms with Crippen LogP contribution in [0.15, 0.2) is 54.4 Å². The molecule has 3 aromatic rings. The number of nitrogens with one attached hydrogen (secondary N) is 1. The summed E-state index contributed by atoms with van der Waals surface area (Å²) in [6.45, 7) is 10.7. The van der Waals surface area contributed by atoms with E-state index in [1.165, 1.54) is 18.1 Å². The summed E-state index contributed by atoms with van der Waals surface area (Å²) in [5.74, 6) is 0.993. The number of likely N-dealkylation sites (tertiary alicyclic amines) is 1. The largest absolute Gasteiger partial charge is 0.345 e. The zero-order chi connectivity index (χ0) is 28.1. The molecule has 0 aliphatic carbocycles. The van der Waals surface area contributed by atoms with Gasteiger partial charge in [0.15, 0.2) is 0 Å². The second-order valence-electron chi connectivity index (χ2n) is 10.8. The van der Waals surface area contributed by atoms with Crippen LogP contribution in [0.25, 0.3) is 17.2 Å². The summed E-state index contributed by atoms with van der Waals surface area (Å²) in [7, 11) is 3.56. The van der Waals surface area contributed by atoms with Crippen molar-refractivity contribution in [2.24, 2.45) is 0 Å². The highest BCUT2D eigenvalue weighted by Gasteiger charge is 2.21. The van der Waals surface area contributed by atoms with Gasteiger partial charge in [-0.1, -0.05) is 23.8 Å². The Labute approximate surface area is 232 Å². The number of hydrogen-bond donors (Lipinski definition) is 1. The molecule has 2 aromatic heterocycles. The van der Waals surface area contributed by atoms with Gasteiger partial charge in [-0.3, -0.25) is 19.5 Å². The number of anilines is 1. The van der Waals surface area contributed by atoms with Gasteiger partial charge in [-0.25, -0.2) is 4.98 Å². The summed E-state index contributed by atoms with van der Waals surface area (Å²) in [4.78, 5) is 36.8. The van der Waals surface area contributed by atoms with Crippen molar-refractivity contribution < 1.29 is 9.59 Å². The number of amides is 2. The second-order valence-corrected chi connectivity index (χ2v) is 10.8. The third-order valence-corrected chi connectivity index (χ3v) is 7.38. The minimum absolute atomic E-state index is 0.0408. The molecule has 7 heteroatoms. The summed E-state index contributed by atoms with van der Waals surface area (Å²) < 4.78 is 0. The van der Waals surface area contributed by atoms with Crippen molar-refractivity contribution in [1.29, 1.82) is 0 Å². The van der Waals surface area contributed by atoms with Gasteiger partial charge >= 0.3 is 0 Å². The molecule has 0 unspecified atom stereocenters. The summed E-state index contributed by atoms with van der Waals surface area (Å²) in [6, 6.07) is 12.1. The van der Waals surface area contributed by atoms with Gasteiger partial charge in [0.2, 0.25) is 5.91 Å². The quantitative estimate of drug-likeness (QED) is 0.428. The molecule has 3 heterocycles. The average molecular weight is 526 g/mol. The number of pyridine rings is 2. The van der Waals surface area contributed by atoms with E-state index in [2.05, 4.69) is 45.3 Å². The zero-order valence-corrected chi connectivity index (χ0v) is 23.9. The molecule has 1 aromatic carbocycles. The predicted octanol–water partition coefficient (Wildman–Crippen LogP) is 5.70. The van der Waals surface area contributed by atoms with E-state index >= 15 is 0 Å². The van der Waals surface area contributed by atoms with Crippen LogP contribution < -0.4 is 5.32 Å². The standard InChI is InChI=1S/C32H39N5O2/c1-21(20-37-15-12-26(13-16-37)25-7-9-27(10-8-25)32(39)36(5)6)17-29-23(3)33-14-11-28(29)30-19-34-31(18-22(30)2)35-24(4)38/h7-11,14,17-19,26H,12-13,15-16,20H2,1-6H3,(H,34,35,38)/b21-17+. The van der Waals surface area contributed by atoms with E-state index in [0.29, 0.717) is 11.7 Å². The molecule has 39 heavy (non-hydrogen) atoms. The van der Waals surface area contributed by atoms with Crippen molar-refractivity contribution in [3.63, 3.8) is 0 Å². The fraction of sp³-hybridized carbons (Fsp3) is 0.375. The number of piperidine rings is 1. The van der Waals surface area contributed by atoms with Gasteiger partial charge in [-0.15, -0.1) is 0 Å². The molecule has 204 valence electrons. The van der Waals surface area contributed by atoms with E-state index in [-0.39, 0.29) is 11.8 Å². The maximum absolute atomic E-state index is 12.2. The van der Waals surface area contributed by atoms with Crippen molar-refractivity contribution in [3.8, 4) is 11.1 Å². The number of carbonyl (C=O) groups excluding carboxylic acids is 2. The Bertz CT molecular complexity index is 1370. The van der Waals surface area contributed by atoms with E-state index in [1.807, 2.05) is 50.5 Å². The van der Waals surface area contributed by atoms with Crippen molar-refractivity contribution in [2.75, 3.05) is 39.0 Å². The SMILES string of the molecule is CC(=O)Nc1cc(C)c(-c2ccnc(C)c2/C=C(\C)CN2CCC(c3ccc(C(=O)N(C)C)cc3)CC2)cn1. The highest BCUT2D eigenvalue weighted by molar-refractivity contribution is 5.93. The van der Waals surface area contributed by atoms with Crippen LogP contribution in [-0.2, 0) is 4.79 Å². The van der Waals surface area contributed by atoms with E-state index in [1.54, 1.807) is 19.0 Å². The molecule has 0 atom stereocenters. The minimum atomic E-state index is -0.132. The Hall–Kier alpha value is -3.84. The van der Waals surface area contributed by atoms with Gasteiger partial charge in [0.25, 0.3) is 5.91 Å². The van der Waals surface area contributed by atoms with Crippen LogP contribution in [0.1, 0.15) is 65.3 Å². The minimum Gasteiger partial charge on any atom is -0.345 e. The summed E-state index contributed by atoms with van der Waals surface area (Å²) >= 11 is 0. The number of aryl methyl sites for hydroxylation is 2.